The van der Waals surface area contributed by atoms with Gasteiger partial charge in [-0.15, -0.1) is 11.3 Å². The molecule has 1 saturated heterocycles. The summed E-state index contributed by atoms with van der Waals surface area (Å²) in [4.78, 5) is 15.4. The van der Waals surface area contributed by atoms with E-state index >= 15 is 0 Å². The lowest BCUT2D eigenvalue weighted by atomic mass is 10.1. The molecular weight excluding hydrogens is 284 g/mol. The van der Waals surface area contributed by atoms with Crippen LogP contribution >= 0.6 is 11.3 Å². The van der Waals surface area contributed by atoms with Gasteiger partial charge in [0.05, 0.1) is 18.4 Å². The second-order valence-corrected chi connectivity index (χ2v) is 6.03. The van der Waals surface area contributed by atoms with E-state index in [1.165, 1.54) is 0 Å². The maximum atomic E-state index is 12.4. The maximum Gasteiger partial charge on any atom is 0.322 e. The molecule has 0 aliphatic carbocycles. The van der Waals surface area contributed by atoms with Crippen LogP contribution in [0.1, 0.15) is 6.92 Å². The summed E-state index contributed by atoms with van der Waals surface area (Å²) in [6, 6.07) is 11.9. The number of carbonyl (C=O) groups excluding carboxylic acids is 1. The lowest BCUT2D eigenvalue weighted by Crippen LogP contribution is -2.46. The van der Waals surface area contributed by atoms with Crippen LogP contribution in [0, 0.1) is 0 Å². The lowest BCUT2D eigenvalue weighted by molar-refractivity contribution is -0.00138. The second-order valence-electron chi connectivity index (χ2n) is 5.08. The van der Waals surface area contributed by atoms with E-state index < -0.39 is 0 Å². The smallest absolute Gasteiger partial charge is 0.322 e. The minimum absolute atomic E-state index is 0.0610. The zero-order valence-electron chi connectivity index (χ0n) is 11.9. The standard InChI is InChI=1S/C16H18N2O2S/c1-12-11-18(8-9-20-12)16(19)17-14-6-3-2-5-13(14)15-7-4-10-21-15/h2-7,10,12H,8-9,11H2,1H3,(H,17,19)/t12-/m0/s1. The topological polar surface area (TPSA) is 41.6 Å². The van der Waals surface area contributed by atoms with Crippen LogP contribution in [0.3, 0.4) is 0 Å². The van der Waals surface area contributed by atoms with Crippen molar-refractivity contribution in [1.82, 2.24) is 4.90 Å². The van der Waals surface area contributed by atoms with Crippen molar-refractivity contribution in [3.63, 3.8) is 0 Å². The fourth-order valence-corrected chi connectivity index (χ4v) is 3.20. The molecule has 2 aromatic rings. The molecule has 1 aromatic carbocycles. The van der Waals surface area contributed by atoms with Crippen molar-refractivity contribution >= 4 is 23.1 Å². The Morgan fingerprint density at radius 2 is 2.19 bits per heavy atom. The third kappa shape index (κ3) is 3.25. The number of nitrogens with zero attached hydrogens (tertiary/aromatic N) is 1. The van der Waals surface area contributed by atoms with Crippen molar-refractivity contribution in [3.05, 3.63) is 41.8 Å². The predicted molar refractivity (Wildman–Crippen MR) is 85.8 cm³/mol. The summed E-state index contributed by atoms with van der Waals surface area (Å²) >= 11 is 1.67. The number of anilines is 1. The monoisotopic (exact) mass is 302 g/mol. The number of morpholine rings is 1. The molecule has 2 heterocycles. The molecule has 0 unspecified atom stereocenters. The van der Waals surface area contributed by atoms with E-state index in [-0.39, 0.29) is 12.1 Å². The van der Waals surface area contributed by atoms with E-state index in [1.807, 2.05) is 42.6 Å². The summed E-state index contributed by atoms with van der Waals surface area (Å²) in [7, 11) is 0. The molecule has 1 N–H and O–H groups in total. The summed E-state index contributed by atoms with van der Waals surface area (Å²) in [5, 5.41) is 5.07. The molecule has 5 heteroatoms. The highest BCUT2D eigenvalue weighted by atomic mass is 32.1. The third-order valence-corrected chi connectivity index (χ3v) is 4.39. The molecule has 1 fully saturated rings. The van der Waals surface area contributed by atoms with Gasteiger partial charge in [-0.2, -0.15) is 0 Å². The average Bonchev–Trinajstić information content (AvgIpc) is 3.02. The Labute approximate surface area is 128 Å². The summed E-state index contributed by atoms with van der Waals surface area (Å²) in [6.45, 7) is 3.85. The quantitative estimate of drug-likeness (QED) is 0.919. The van der Waals surface area contributed by atoms with Gasteiger partial charge in [-0.3, -0.25) is 0 Å². The molecule has 1 atom stereocenters. The van der Waals surface area contributed by atoms with Crippen molar-refractivity contribution in [2.24, 2.45) is 0 Å². The first-order chi connectivity index (χ1) is 10.2. The van der Waals surface area contributed by atoms with Gasteiger partial charge in [0.25, 0.3) is 0 Å². The normalized spacial score (nSPS) is 18.5. The summed E-state index contributed by atoms with van der Waals surface area (Å²) in [5.41, 5.74) is 1.91. The van der Waals surface area contributed by atoms with Crippen LogP contribution in [0.4, 0.5) is 10.5 Å². The highest BCUT2D eigenvalue weighted by molar-refractivity contribution is 7.13. The van der Waals surface area contributed by atoms with Gasteiger partial charge in [0.15, 0.2) is 0 Å². The molecule has 0 spiro atoms. The van der Waals surface area contributed by atoms with Gasteiger partial charge >= 0.3 is 6.03 Å². The van der Waals surface area contributed by atoms with E-state index in [9.17, 15) is 4.79 Å². The van der Waals surface area contributed by atoms with Crippen LogP contribution in [0.5, 0.6) is 0 Å². The van der Waals surface area contributed by atoms with Crippen LogP contribution < -0.4 is 5.32 Å². The Balaban J connectivity index is 1.77. The minimum Gasteiger partial charge on any atom is -0.375 e. The highest BCUT2D eigenvalue weighted by Gasteiger charge is 2.22. The molecule has 1 aliphatic heterocycles. The first kappa shape index (κ1) is 14.1. The number of hydrogen-bond donors (Lipinski definition) is 1. The summed E-state index contributed by atoms with van der Waals surface area (Å²) in [5.74, 6) is 0. The minimum atomic E-state index is -0.0610. The maximum absolute atomic E-state index is 12.4. The van der Waals surface area contributed by atoms with Gasteiger partial charge in [0, 0.05) is 23.5 Å². The Bertz CT molecular complexity index is 612. The average molecular weight is 302 g/mol. The molecule has 3 rings (SSSR count). The Kier molecular flexibility index (Phi) is 4.22. The number of thiophene rings is 1. The van der Waals surface area contributed by atoms with Crippen molar-refractivity contribution in [1.29, 1.82) is 0 Å². The number of ether oxygens (including phenoxy) is 1. The Morgan fingerprint density at radius 3 is 2.95 bits per heavy atom. The van der Waals surface area contributed by atoms with Gasteiger partial charge < -0.3 is 15.0 Å². The molecule has 1 aromatic heterocycles. The number of benzene rings is 1. The van der Waals surface area contributed by atoms with Gasteiger partial charge in [-0.05, 0) is 24.4 Å². The first-order valence-corrected chi connectivity index (χ1v) is 7.92. The largest absolute Gasteiger partial charge is 0.375 e. The molecule has 0 saturated carbocycles. The second kappa shape index (κ2) is 6.28. The Morgan fingerprint density at radius 1 is 1.33 bits per heavy atom. The molecule has 2 amide bonds. The molecular formula is C16H18N2O2S. The van der Waals surface area contributed by atoms with E-state index in [0.717, 1.165) is 16.1 Å². The number of rotatable bonds is 2. The number of urea groups is 1. The van der Waals surface area contributed by atoms with Crippen molar-refractivity contribution in [2.45, 2.75) is 13.0 Å². The molecule has 110 valence electrons. The van der Waals surface area contributed by atoms with Crippen molar-refractivity contribution in [2.75, 3.05) is 25.0 Å². The van der Waals surface area contributed by atoms with Gasteiger partial charge in [0.2, 0.25) is 0 Å². The van der Waals surface area contributed by atoms with Gasteiger partial charge in [-0.1, -0.05) is 24.3 Å². The zero-order valence-corrected chi connectivity index (χ0v) is 12.7. The number of amides is 2. The molecule has 1 aliphatic rings. The van der Waals surface area contributed by atoms with E-state index in [1.54, 1.807) is 16.2 Å². The van der Waals surface area contributed by atoms with Crippen molar-refractivity contribution in [3.8, 4) is 10.4 Å². The van der Waals surface area contributed by atoms with E-state index in [0.29, 0.717) is 19.7 Å². The van der Waals surface area contributed by atoms with Crippen LogP contribution in [0.25, 0.3) is 10.4 Å². The summed E-state index contributed by atoms with van der Waals surface area (Å²) < 4.78 is 5.47. The summed E-state index contributed by atoms with van der Waals surface area (Å²) in [6.07, 6.45) is 0.0945. The lowest BCUT2D eigenvalue weighted by Gasteiger charge is -2.31. The first-order valence-electron chi connectivity index (χ1n) is 7.04. The molecule has 4 nitrogen and oxygen atoms in total. The predicted octanol–water partition coefficient (Wildman–Crippen LogP) is 3.67. The van der Waals surface area contributed by atoms with Crippen LogP contribution in [-0.2, 0) is 4.74 Å². The van der Waals surface area contributed by atoms with E-state index in [2.05, 4.69) is 11.4 Å². The SMILES string of the molecule is C[C@H]1CN(C(=O)Nc2ccccc2-c2cccs2)CCO1. The van der Waals surface area contributed by atoms with Gasteiger partial charge in [0.1, 0.15) is 0 Å². The van der Waals surface area contributed by atoms with Gasteiger partial charge in [-0.25, -0.2) is 4.79 Å². The van der Waals surface area contributed by atoms with Crippen LogP contribution in [0.2, 0.25) is 0 Å². The molecule has 0 bridgehead atoms. The number of para-hydroxylation sites is 1. The van der Waals surface area contributed by atoms with E-state index in [4.69, 9.17) is 4.74 Å². The van der Waals surface area contributed by atoms with Crippen LogP contribution in [-0.4, -0.2) is 36.7 Å². The molecule has 21 heavy (non-hydrogen) atoms. The fourth-order valence-electron chi connectivity index (χ4n) is 2.44. The molecule has 0 radical (unpaired) electrons. The number of carbonyl (C=O) groups is 1. The highest BCUT2D eigenvalue weighted by Crippen LogP contribution is 2.31. The fraction of sp³-hybridized carbons (Fsp3) is 0.312. The zero-order chi connectivity index (χ0) is 14.7. The number of nitrogens with one attached hydrogen (secondary N) is 1. The third-order valence-electron chi connectivity index (χ3n) is 3.48. The van der Waals surface area contributed by atoms with Crippen LogP contribution in [0.15, 0.2) is 41.8 Å². The van der Waals surface area contributed by atoms with Crippen molar-refractivity contribution < 1.29 is 9.53 Å². The number of hydrogen-bond acceptors (Lipinski definition) is 3. The Hall–Kier alpha value is -1.85.